The second-order valence-electron chi connectivity index (χ2n) is 4.75. The largest absolute Gasteiger partial charge is 0.497 e. The molecule has 0 aliphatic rings. The van der Waals surface area contributed by atoms with Crippen molar-refractivity contribution in [3.8, 4) is 5.75 Å². The summed E-state index contributed by atoms with van der Waals surface area (Å²) in [6.07, 6.45) is 0. The molecule has 1 heterocycles. The molecule has 0 bridgehead atoms. The molecule has 2 aromatic rings. The van der Waals surface area contributed by atoms with E-state index < -0.39 is 0 Å². The number of rotatable bonds is 5. The fourth-order valence-corrected chi connectivity index (χ4v) is 2.98. The van der Waals surface area contributed by atoms with E-state index in [0.717, 1.165) is 28.3 Å². The maximum Gasteiger partial charge on any atom is 0.120 e. The van der Waals surface area contributed by atoms with Crippen molar-refractivity contribution in [3.05, 3.63) is 51.4 Å². The highest BCUT2D eigenvalue weighted by atomic mass is 79.9. The minimum absolute atomic E-state index is 0.109. The molecule has 2 rings (SSSR count). The molecular weight excluding hydrogens is 318 g/mol. The fraction of sp³-hybridized carbons (Fsp3) is 0.375. The van der Waals surface area contributed by atoms with E-state index in [0.29, 0.717) is 0 Å². The first-order valence-electron chi connectivity index (χ1n) is 6.70. The van der Waals surface area contributed by atoms with Crippen LogP contribution >= 0.6 is 15.9 Å². The molecule has 1 aromatic heterocycles. The molecule has 0 radical (unpaired) electrons. The third kappa shape index (κ3) is 3.07. The van der Waals surface area contributed by atoms with Gasteiger partial charge in [-0.25, -0.2) is 0 Å². The molecule has 3 nitrogen and oxygen atoms in total. The lowest BCUT2D eigenvalue weighted by Gasteiger charge is -2.20. The maximum absolute atomic E-state index is 5.67. The molecule has 20 heavy (non-hydrogen) atoms. The molecule has 0 fully saturated rings. The van der Waals surface area contributed by atoms with Gasteiger partial charge in [0, 0.05) is 10.0 Å². The van der Waals surface area contributed by atoms with E-state index in [1.807, 2.05) is 26.0 Å². The van der Waals surface area contributed by atoms with Crippen LogP contribution in [0.5, 0.6) is 5.75 Å². The van der Waals surface area contributed by atoms with Crippen molar-refractivity contribution in [1.82, 2.24) is 5.32 Å². The van der Waals surface area contributed by atoms with E-state index in [9.17, 15) is 0 Å². The number of hydrogen-bond acceptors (Lipinski definition) is 3. The second-order valence-corrected chi connectivity index (χ2v) is 5.60. The smallest absolute Gasteiger partial charge is 0.120 e. The Hall–Kier alpha value is -1.26. The Balaban J connectivity index is 2.45. The summed E-state index contributed by atoms with van der Waals surface area (Å²) in [5.74, 6) is 2.73. The highest BCUT2D eigenvalue weighted by Crippen LogP contribution is 2.33. The minimum Gasteiger partial charge on any atom is -0.497 e. The Morgan fingerprint density at radius 3 is 2.50 bits per heavy atom. The van der Waals surface area contributed by atoms with Crippen LogP contribution in [0.3, 0.4) is 0 Å². The predicted molar refractivity (Wildman–Crippen MR) is 84.4 cm³/mol. The van der Waals surface area contributed by atoms with Crippen LogP contribution in [-0.2, 0) is 0 Å². The number of ether oxygens (including phenoxy) is 1. The first kappa shape index (κ1) is 15.1. The Morgan fingerprint density at radius 1 is 1.25 bits per heavy atom. The van der Waals surface area contributed by atoms with Crippen molar-refractivity contribution in [3.63, 3.8) is 0 Å². The lowest BCUT2D eigenvalue weighted by Crippen LogP contribution is -2.22. The zero-order valence-electron chi connectivity index (χ0n) is 12.3. The van der Waals surface area contributed by atoms with Gasteiger partial charge in [0.25, 0.3) is 0 Å². The third-order valence-corrected chi connectivity index (χ3v) is 4.00. The van der Waals surface area contributed by atoms with Crippen molar-refractivity contribution < 1.29 is 9.15 Å². The van der Waals surface area contributed by atoms with Crippen molar-refractivity contribution in [2.45, 2.75) is 26.8 Å². The van der Waals surface area contributed by atoms with Crippen LogP contribution in [-0.4, -0.2) is 13.7 Å². The molecule has 0 aliphatic heterocycles. The van der Waals surface area contributed by atoms with Crippen LogP contribution in [0, 0.1) is 13.8 Å². The lowest BCUT2D eigenvalue weighted by molar-refractivity contribution is 0.414. The van der Waals surface area contributed by atoms with Crippen LogP contribution in [0.15, 0.2) is 33.2 Å². The molecule has 1 atom stereocenters. The summed E-state index contributed by atoms with van der Waals surface area (Å²) in [6.45, 7) is 6.96. The summed E-state index contributed by atoms with van der Waals surface area (Å²) in [5.41, 5.74) is 2.35. The van der Waals surface area contributed by atoms with E-state index in [2.05, 4.69) is 40.3 Å². The summed E-state index contributed by atoms with van der Waals surface area (Å²) in [4.78, 5) is 0. The molecule has 108 valence electrons. The van der Waals surface area contributed by atoms with Gasteiger partial charge in [0.15, 0.2) is 0 Å². The SMILES string of the molecule is CCNC(c1ccc(OC)cc1Br)c1cc(C)oc1C. The van der Waals surface area contributed by atoms with Gasteiger partial charge in [0.05, 0.1) is 13.2 Å². The highest BCUT2D eigenvalue weighted by Gasteiger charge is 2.20. The highest BCUT2D eigenvalue weighted by molar-refractivity contribution is 9.10. The molecule has 0 saturated carbocycles. The van der Waals surface area contributed by atoms with Crippen molar-refractivity contribution in [2.24, 2.45) is 0 Å². The first-order chi connectivity index (χ1) is 9.56. The average molecular weight is 338 g/mol. The third-order valence-electron chi connectivity index (χ3n) is 3.32. The molecule has 1 N–H and O–H groups in total. The maximum atomic E-state index is 5.67. The van der Waals surface area contributed by atoms with E-state index >= 15 is 0 Å². The van der Waals surface area contributed by atoms with Crippen molar-refractivity contribution in [1.29, 1.82) is 0 Å². The summed E-state index contributed by atoms with van der Waals surface area (Å²) >= 11 is 3.64. The zero-order valence-corrected chi connectivity index (χ0v) is 13.9. The number of halogens is 1. The van der Waals surface area contributed by atoms with E-state index in [4.69, 9.17) is 9.15 Å². The quantitative estimate of drug-likeness (QED) is 0.879. The van der Waals surface area contributed by atoms with Gasteiger partial charge >= 0.3 is 0 Å². The molecule has 1 unspecified atom stereocenters. The Labute approximate surface area is 128 Å². The Kier molecular flexibility index (Phi) is 4.89. The lowest BCUT2D eigenvalue weighted by atomic mass is 9.98. The van der Waals surface area contributed by atoms with E-state index in [1.165, 1.54) is 11.1 Å². The molecule has 0 aliphatic carbocycles. The Morgan fingerprint density at radius 2 is 2.00 bits per heavy atom. The predicted octanol–water partition coefficient (Wildman–Crippen LogP) is 4.37. The normalized spacial score (nSPS) is 12.4. The summed E-state index contributed by atoms with van der Waals surface area (Å²) in [7, 11) is 1.67. The van der Waals surface area contributed by atoms with Crippen molar-refractivity contribution >= 4 is 15.9 Å². The number of nitrogens with one attached hydrogen (secondary N) is 1. The molecule has 0 saturated heterocycles. The van der Waals surface area contributed by atoms with Crippen LogP contribution in [0.1, 0.15) is 35.6 Å². The monoisotopic (exact) mass is 337 g/mol. The zero-order chi connectivity index (χ0) is 14.7. The second kappa shape index (κ2) is 6.46. The van der Waals surface area contributed by atoms with Crippen LogP contribution < -0.4 is 10.1 Å². The van der Waals surface area contributed by atoms with Crippen LogP contribution in [0.4, 0.5) is 0 Å². The fourth-order valence-electron chi connectivity index (χ4n) is 2.40. The van der Waals surface area contributed by atoms with Crippen molar-refractivity contribution in [2.75, 3.05) is 13.7 Å². The molecule has 4 heteroatoms. The Bertz CT molecular complexity index is 592. The molecular formula is C16H20BrNO2. The number of benzene rings is 1. The van der Waals surface area contributed by atoms with Gasteiger partial charge in [-0.05, 0) is 44.2 Å². The summed E-state index contributed by atoms with van der Waals surface area (Å²) < 4.78 is 12.0. The first-order valence-corrected chi connectivity index (χ1v) is 7.49. The number of furan rings is 1. The topological polar surface area (TPSA) is 34.4 Å². The van der Waals surface area contributed by atoms with Gasteiger partial charge in [0.2, 0.25) is 0 Å². The number of hydrogen-bond donors (Lipinski definition) is 1. The van der Waals surface area contributed by atoms with Crippen LogP contribution in [0.25, 0.3) is 0 Å². The van der Waals surface area contributed by atoms with Gasteiger partial charge in [-0.2, -0.15) is 0 Å². The molecule has 0 spiro atoms. The van der Waals surface area contributed by atoms with Gasteiger partial charge < -0.3 is 14.5 Å². The van der Waals surface area contributed by atoms with E-state index in [1.54, 1.807) is 7.11 Å². The van der Waals surface area contributed by atoms with Gasteiger partial charge in [-0.1, -0.05) is 28.9 Å². The van der Waals surface area contributed by atoms with Gasteiger partial charge in [-0.3, -0.25) is 0 Å². The molecule has 1 aromatic carbocycles. The number of aryl methyl sites for hydroxylation is 2. The average Bonchev–Trinajstić information content (AvgIpc) is 2.75. The van der Waals surface area contributed by atoms with Gasteiger partial charge in [-0.15, -0.1) is 0 Å². The van der Waals surface area contributed by atoms with E-state index in [-0.39, 0.29) is 6.04 Å². The molecule has 0 amide bonds. The summed E-state index contributed by atoms with van der Waals surface area (Å²) in [6, 6.07) is 8.25. The van der Waals surface area contributed by atoms with Gasteiger partial charge in [0.1, 0.15) is 17.3 Å². The minimum atomic E-state index is 0.109. The van der Waals surface area contributed by atoms with Crippen LogP contribution in [0.2, 0.25) is 0 Å². The standard InChI is InChI=1S/C16H20BrNO2/c1-5-18-16(14-8-10(2)20-11(14)3)13-7-6-12(19-4)9-15(13)17/h6-9,16,18H,5H2,1-4H3. The summed E-state index contributed by atoms with van der Waals surface area (Å²) in [5, 5.41) is 3.52. The number of methoxy groups -OCH3 is 1.